The second-order valence-corrected chi connectivity index (χ2v) is 4.11. The van der Waals surface area contributed by atoms with Crippen LogP contribution in [-0.2, 0) is 20.8 Å². The molecule has 0 aromatic heterocycles. The summed E-state index contributed by atoms with van der Waals surface area (Å²) < 4.78 is 21.0. The van der Waals surface area contributed by atoms with Gasteiger partial charge in [0.05, 0.1) is 20.3 Å². The number of hydrogen-bond acceptors (Lipinski definition) is 4. The van der Waals surface area contributed by atoms with Crippen molar-refractivity contribution in [2.45, 2.75) is 19.8 Å². The topological polar surface area (TPSA) is 36.9 Å². The third-order valence-electron chi connectivity index (χ3n) is 2.75. The minimum Gasteiger partial charge on any atom is -0.497 e. The SMILES string of the molecule is COc1ccc(COCC=C(C)C(OC)OC)cc1. The molecule has 0 N–H and O–H groups in total. The summed E-state index contributed by atoms with van der Waals surface area (Å²) >= 11 is 0. The van der Waals surface area contributed by atoms with E-state index in [9.17, 15) is 0 Å². The average molecular weight is 266 g/mol. The van der Waals surface area contributed by atoms with Crippen LogP contribution in [0.25, 0.3) is 0 Å². The van der Waals surface area contributed by atoms with Crippen LogP contribution in [0, 0.1) is 0 Å². The zero-order valence-corrected chi connectivity index (χ0v) is 12.0. The Hall–Kier alpha value is -1.36. The molecule has 1 aromatic rings. The highest BCUT2D eigenvalue weighted by Crippen LogP contribution is 2.12. The molecule has 0 spiro atoms. The van der Waals surface area contributed by atoms with Gasteiger partial charge >= 0.3 is 0 Å². The largest absolute Gasteiger partial charge is 0.497 e. The lowest BCUT2D eigenvalue weighted by Gasteiger charge is -2.13. The molecule has 0 heterocycles. The molecule has 1 aromatic carbocycles. The van der Waals surface area contributed by atoms with E-state index in [4.69, 9.17) is 18.9 Å². The van der Waals surface area contributed by atoms with E-state index in [1.54, 1.807) is 21.3 Å². The number of rotatable bonds is 8. The monoisotopic (exact) mass is 266 g/mol. The average Bonchev–Trinajstić information content (AvgIpc) is 2.45. The first-order chi connectivity index (χ1) is 9.21. The molecule has 0 aliphatic heterocycles. The molecular formula is C15H22O4. The van der Waals surface area contributed by atoms with Crippen LogP contribution in [-0.4, -0.2) is 34.2 Å². The van der Waals surface area contributed by atoms with Gasteiger partial charge in [-0.1, -0.05) is 18.2 Å². The van der Waals surface area contributed by atoms with Gasteiger partial charge in [0.15, 0.2) is 6.29 Å². The first-order valence-corrected chi connectivity index (χ1v) is 6.14. The summed E-state index contributed by atoms with van der Waals surface area (Å²) in [4.78, 5) is 0. The second kappa shape index (κ2) is 8.69. The van der Waals surface area contributed by atoms with Gasteiger partial charge in [-0.2, -0.15) is 0 Å². The van der Waals surface area contributed by atoms with Crippen LogP contribution in [0.3, 0.4) is 0 Å². The molecule has 1 rings (SSSR count). The molecule has 4 heteroatoms. The van der Waals surface area contributed by atoms with E-state index in [2.05, 4.69) is 0 Å². The number of hydrogen-bond donors (Lipinski definition) is 0. The highest BCUT2D eigenvalue weighted by atomic mass is 16.7. The molecule has 0 fully saturated rings. The smallest absolute Gasteiger partial charge is 0.178 e. The van der Waals surface area contributed by atoms with Crippen LogP contribution >= 0.6 is 0 Å². The van der Waals surface area contributed by atoms with Crippen molar-refractivity contribution in [3.05, 3.63) is 41.5 Å². The van der Waals surface area contributed by atoms with Gasteiger partial charge in [0.1, 0.15) is 5.75 Å². The molecule has 0 bridgehead atoms. The Kier molecular flexibility index (Phi) is 7.18. The Morgan fingerprint density at radius 1 is 1.11 bits per heavy atom. The van der Waals surface area contributed by atoms with E-state index in [0.717, 1.165) is 16.9 Å². The summed E-state index contributed by atoms with van der Waals surface area (Å²) in [6, 6.07) is 7.82. The van der Waals surface area contributed by atoms with E-state index < -0.39 is 0 Å². The maximum absolute atomic E-state index is 5.57. The first-order valence-electron chi connectivity index (χ1n) is 6.14. The van der Waals surface area contributed by atoms with Crippen LogP contribution in [0.5, 0.6) is 5.75 Å². The Morgan fingerprint density at radius 3 is 2.26 bits per heavy atom. The van der Waals surface area contributed by atoms with Gasteiger partial charge in [-0.05, 0) is 30.2 Å². The van der Waals surface area contributed by atoms with Crippen LogP contribution in [0.1, 0.15) is 12.5 Å². The standard InChI is InChI=1S/C15H22O4/c1-12(15(17-3)18-4)9-10-19-11-13-5-7-14(16-2)8-6-13/h5-9,15H,10-11H2,1-4H3. The fourth-order valence-corrected chi connectivity index (χ4v) is 1.65. The molecule has 106 valence electrons. The summed E-state index contributed by atoms with van der Waals surface area (Å²) in [5, 5.41) is 0. The normalized spacial score (nSPS) is 11.9. The Morgan fingerprint density at radius 2 is 1.74 bits per heavy atom. The molecule has 0 saturated heterocycles. The molecule has 19 heavy (non-hydrogen) atoms. The van der Waals surface area contributed by atoms with E-state index in [1.807, 2.05) is 37.3 Å². The number of benzene rings is 1. The van der Waals surface area contributed by atoms with Crippen molar-refractivity contribution >= 4 is 0 Å². The highest BCUT2D eigenvalue weighted by Gasteiger charge is 2.06. The van der Waals surface area contributed by atoms with Crippen LogP contribution in [0.4, 0.5) is 0 Å². The van der Waals surface area contributed by atoms with Gasteiger partial charge in [0, 0.05) is 14.2 Å². The lowest BCUT2D eigenvalue weighted by molar-refractivity contribution is -0.0751. The zero-order chi connectivity index (χ0) is 14.1. The number of ether oxygens (including phenoxy) is 4. The zero-order valence-electron chi connectivity index (χ0n) is 12.0. The Labute approximate surface area is 114 Å². The summed E-state index contributed by atoms with van der Waals surface area (Å²) in [6.07, 6.45) is 1.66. The van der Waals surface area contributed by atoms with E-state index in [1.165, 1.54) is 0 Å². The van der Waals surface area contributed by atoms with Crippen molar-refractivity contribution in [1.29, 1.82) is 0 Å². The Balaban J connectivity index is 2.35. The fraction of sp³-hybridized carbons (Fsp3) is 0.467. The lowest BCUT2D eigenvalue weighted by Crippen LogP contribution is -2.14. The molecule has 0 radical (unpaired) electrons. The minimum atomic E-state index is -0.301. The minimum absolute atomic E-state index is 0.301. The molecular weight excluding hydrogens is 244 g/mol. The van der Waals surface area contributed by atoms with Gasteiger partial charge < -0.3 is 18.9 Å². The van der Waals surface area contributed by atoms with Gasteiger partial charge in [0.2, 0.25) is 0 Å². The van der Waals surface area contributed by atoms with Gasteiger partial charge in [0.25, 0.3) is 0 Å². The summed E-state index contributed by atoms with van der Waals surface area (Å²) in [6.45, 7) is 3.05. The maximum atomic E-state index is 5.57. The third kappa shape index (κ3) is 5.42. The quantitative estimate of drug-likeness (QED) is 0.412. The van der Waals surface area contributed by atoms with Crippen molar-refractivity contribution in [2.24, 2.45) is 0 Å². The molecule has 4 nitrogen and oxygen atoms in total. The van der Waals surface area contributed by atoms with Crippen molar-refractivity contribution in [2.75, 3.05) is 27.9 Å². The summed E-state index contributed by atoms with van der Waals surface area (Å²) in [5.41, 5.74) is 2.11. The maximum Gasteiger partial charge on any atom is 0.178 e. The summed E-state index contributed by atoms with van der Waals surface area (Å²) in [7, 11) is 4.88. The Bertz CT molecular complexity index is 380. The van der Waals surface area contributed by atoms with Crippen LogP contribution in [0.15, 0.2) is 35.9 Å². The molecule has 0 unspecified atom stereocenters. The molecule has 0 aliphatic carbocycles. The van der Waals surface area contributed by atoms with Crippen LogP contribution in [0.2, 0.25) is 0 Å². The predicted octanol–water partition coefficient (Wildman–Crippen LogP) is 2.78. The van der Waals surface area contributed by atoms with Gasteiger partial charge in [-0.3, -0.25) is 0 Å². The summed E-state index contributed by atoms with van der Waals surface area (Å²) in [5.74, 6) is 0.850. The molecule has 0 atom stereocenters. The number of methoxy groups -OCH3 is 3. The molecule has 0 amide bonds. The lowest BCUT2D eigenvalue weighted by atomic mass is 10.2. The second-order valence-electron chi connectivity index (χ2n) is 4.11. The van der Waals surface area contributed by atoms with E-state index in [-0.39, 0.29) is 6.29 Å². The van der Waals surface area contributed by atoms with Crippen molar-refractivity contribution in [3.63, 3.8) is 0 Å². The first kappa shape index (κ1) is 15.7. The fourth-order valence-electron chi connectivity index (χ4n) is 1.65. The third-order valence-corrected chi connectivity index (χ3v) is 2.75. The highest BCUT2D eigenvalue weighted by molar-refractivity contribution is 5.26. The predicted molar refractivity (Wildman–Crippen MR) is 74.2 cm³/mol. The van der Waals surface area contributed by atoms with Crippen LogP contribution < -0.4 is 4.74 Å². The van der Waals surface area contributed by atoms with E-state index >= 15 is 0 Å². The molecule has 0 aliphatic rings. The van der Waals surface area contributed by atoms with Gasteiger partial charge in [-0.25, -0.2) is 0 Å². The van der Waals surface area contributed by atoms with Gasteiger partial charge in [-0.15, -0.1) is 0 Å². The van der Waals surface area contributed by atoms with Crippen molar-refractivity contribution in [1.82, 2.24) is 0 Å². The van der Waals surface area contributed by atoms with Crippen molar-refractivity contribution < 1.29 is 18.9 Å². The van der Waals surface area contributed by atoms with Crippen molar-refractivity contribution in [3.8, 4) is 5.75 Å². The van der Waals surface area contributed by atoms with E-state index in [0.29, 0.717) is 13.2 Å². The molecule has 0 saturated carbocycles.